The van der Waals surface area contributed by atoms with Crippen molar-refractivity contribution in [3.63, 3.8) is 0 Å². The maximum atomic E-state index is 11.3. The van der Waals surface area contributed by atoms with Crippen LogP contribution < -0.4 is 0 Å². The van der Waals surface area contributed by atoms with E-state index in [2.05, 4.69) is 4.99 Å². The third-order valence-electron chi connectivity index (χ3n) is 1.41. The summed E-state index contributed by atoms with van der Waals surface area (Å²) >= 11 is 1.48. The number of aliphatic imine (C=N–C) groups is 1. The number of hydrogen-bond acceptors (Lipinski definition) is 4. The second-order valence-electron chi connectivity index (χ2n) is 2.18. The van der Waals surface area contributed by atoms with Gasteiger partial charge < -0.3 is 0 Å². The second kappa shape index (κ2) is 2.98. The molecule has 0 aromatic rings. The number of sulfone groups is 1. The molecule has 0 radical (unpaired) electrons. The summed E-state index contributed by atoms with van der Waals surface area (Å²) in [5.41, 5.74) is 0. The van der Waals surface area contributed by atoms with Crippen molar-refractivity contribution in [3.8, 4) is 0 Å². The maximum Gasteiger partial charge on any atom is 0.218 e. The van der Waals surface area contributed by atoms with E-state index in [-0.39, 0.29) is 5.04 Å². The van der Waals surface area contributed by atoms with Gasteiger partial charge in [0.25, 0.3) is 0 Å². The summed E-state index contributed by atoms with van der Waals surface area (Å²) in [4.78, 5) is 4.16. The molecule has 1 aliphatic heterocycles. The lowest BCUT2D eigenvalue weighted by Crippen LogP contribution is -2.10. The van der Waals surface area contributed by atoms with E-state index in [4.69, 9.17) is 0 Å². The van der Waals surface area contributed by atoms with Crippen LogP contribution in [-0.4, -0.2) is 25.5 Å². The Morgan fingerprint density at radius 3 is 2.64 bits per heavy atom. The van der Waals surface area contributed by atoms with Crippen molar-refractivity contribution in [3.05, 3.63) is 11.1 Å². The van der Waals surface area contributed by atoms with Crippen LogP contribution in [0.1, 0.15) is 6.92 Å². The molecular formula is C6H9NO2S2. The van der Waals surface area contributed by atoms with E-state index in [9.17, 15) is 8.42 Å². The van der Waals surface area contributed by atoms with Crippen LogP contribution in [0.5, 0.6) is 0 Å². The fourth-order valence-corrected chi connectivity index (χ4v) is 2.84. The first-order valence-corrected chi connectivity index (χ1v) is 5.94. The van der Waals surface area contributed by atoms with Gasteiger partial charge in [-0.3, -0.25) is 0 Å². The van der Waals surface area contributed by atoms with Gasteiger partial charge >= 0.3 is 0 Å². The van der Waals surface area contributed by atoms with E-state index in [0.717, 1.165) is 0 Å². The normalized spacial score (nSPS) is 21.3. The van der Waals surface area contributed by atoms with E-state index < -0.39 is 9.84 Å². The van der Waals surface area contributed by atoms with Crippen LogP contribution in [0.25, 0.3) is 0 Å². The molecule has 1 rings (SSSR count). The Kier molecular flexibility index (Phi) is 2.39. The highest BCUT2D eigenvalue weighted by molar-refractivity contribution is 8.11. The average Bonchev–Trinajstić information content (AvgIpc) is 2.16. The van der Waals surface area contributed by atoms with Gasteiger partial charge in [-0.25, -0.2) is 13.4 Å². The molecule has 0 amide bonds. The van der Waals surface area contributed by atoms with Crippen molar-refractivity contribution in [2.45, 2.75) is 6.92 Å². The molecule has 0 aromatic heterocycles. The molecule has 0 bridgehead atoms. The lowest BCUT2D eigenvalue weighted by atomic mass is 10.7. The summed E-state index contributed by atoms with van der Waals surface area (Å²) in [6.07, 6.45) is 3.30. The van der Waals surface area contributed by atoms with E-state index in [1.54, 1.807) is 0 Å². The Hall–Kier alpha value is -0.290. The van der Waals surface area contributed by atoms with E-state index >= 15 is 0 Å². The van der Waals surface area contributed by atoms with Gasteiger partial charge in [0.1, 0.15) is 5.04 Å². The number of rotatable bonds is 2. The fourth-order valence-electron chi connectivity index (χ4n) is 0.748. The van der Waals surface area contributed by atoms with Crippen molar-refractivity contribution < 1.29 is 8.42 Å². The summed E-state index contributed by atoms with van der Waals surface area (Å²) < 4.78 is 22.5. The van der Waals surface area contributed by atoms with Crippen LogP contribution in [0.2, 0.25) is 0 Å². The molecule has 5 heteroatoms. The number of thioether (sulfide) groups is 1. The van der Waals surface area contributed by atoms with Crippen LogP contribution in [0.3, 0.4) is 0 Å². The summed E-state index contributed by atoms with van der Waals surface area (Å²) in [6.45, 7) is 1.51. The van der Waals surface area contributed by atoms with Crippen LogP contribution in [0.15, 0.2) is 16.1 Å². The summed E-state index contributed by atoms with van der Waals surface area (Å²) in [5.74, 6) is 0.517. The highest BCUT2D eigenvalue weighted by Crippen LogP contribution is 2.19. The van der Waals surface area contributed by atoms with Gasteiger partial charge in [0.2, 0.25) is 9.84 Å². The van der Waals surface area contributed by atoms with E-state index in [0.29, 0.717) is 10.7 Å². The number of nitrogens with zero attached hydrogens (tertiary/aromatic N) is 1. The zero-order valence-electron chi connectivity index (χ0n) is 6.36. The molecule has 0 atom stereocenters. The van der Waals surface area contributed by atoms with Gasteiger partial charge in [-0.05, 0) is 13.2 Å². The minimum Gasteiger partial charge on any atom is -0.248 e. The highest BCUT2D eigenvalue weighted by Gasteiger charge is 2.24. The van der Waals surface area contributed by atoms with Gasteiger partial charge in [0, 0.05) is 12.0 Å². The lowest BCUT2D eigenvalue weighted by Gasteiger charge is -1.98. The predicted molar refractivity (Wildman–Crippen MR) is 48.5 cm³/mol. The Morgan fingerprint density at radius 1 is 1.64 bits per heavy atom. The van der Waals surface area contributed by atoms with Crippen molar-refractivity contribution in [1.29, 1.82) is 0 Å². The molecule has 0 fully saturated rings. The predicted octanol–water partition coefficient (Wildman–Crippen LogP) is 1.04. The van der Waals surface area contributed by atoms with Gasteiger partial charge in [0.15, 0.2) is 0 Å². The Balaban J connectivity index is 2.93. The second-order valence-corrected chi connectivity index (χ2v) is 5.17. The largest absolute Gasteiger partial charge is 0.248 e. The van der Waals surface area contributed by atoms with E-state index in [1.165, 1.54) is 24.9 Å². The van der Waals surface area contributed by atoms with Crippen LogP contribution in [0.4, 0.5) is 0 Å². The zero-order chi connectivity index (χ0) is 8.48. The van der Waals surface area contributed by atoms with Crippen LogP contribution >= 0.6 is 11.8 Å². The minimum absolute atomic E-state index is 0.210. The van der Waals surface area contributed by atoms with Crippen molar-refractivity contribution in [1.82, 2.24) is 0 Å². The molecule has 0 unspecified atom stereocenters. The van der Waals surface area contributed by atoms with Gasteiger partial charge in [-0.1, -0.05) is 0 Å². The zero-order valence-corrected chi connectivity index (χ0v) is 8.00. The molecule has 11 heavy (non-hydrogen) atoms. The molecule has 0 aliphatic carbocycles. The fraction of sp³-hybridized carbons (Fsp3) is 0.500. The highest BCUT2D eigenvalue weighted by atomic mass is 32.2. The molecule has 0 aromatic carbocycles. The lowest BCUT2D eigenvalue weighted by molar-refractivity contribution is 0.613. The molecular weight excluding hydrogens is 182 g/mol. The monoisotopic (exact) mass is 191 g/mol. The van der Waals surface area contributed by atoms with Crippen LogP contribution in [0, 0.1) is 0 Å². The van der Waals surface area contributed by atoms with Crippen molar-refractivity contribution >= 4 is 26.6 Å². The summed E-state index contributed by atoms with van der Waals surface area (Å²) in [5, 5.41) is 0.210. The minimum atomic E-state index is -3.14. The third kappa shape index (κ3) is 1.49. The molecule has 1 aliphatic rings. The summed E-state index contributed by atoms with van der Waals surface area (Å²) in [7, 11) is -3.14. The first-order valence-electron chi connectivity index (χ1n) is 3.06. The third-order valence-corrected chi connectivity index (χ3v) is 4.02. The van der Waals surface area contributed by atoms with Gasteiger partial charge in [0.05, 0.1) is 4.91 Å². The molecule has 0 saturated heterocycles. The molecule has 0 saturated carbocycles. The van der Waals surface area contributed by atoms with E-state index in [1.807, 2.05) is 6.26 Å². The van der Waals surface area contributed by atoms with Gasteiger partial charge in [-0.2, -0.15) is 11.8 Å². The molecule has 0 spiro atoms. The molecule has 1 heterocycles. The average molecular weight is 191 g/mol. The quantitative estimate of drug-likeness (QED) is 0.655. The SMILES string of the molecule is CSCC1=CN=C(C)S1(=O)=O. The smallest absolute Gasteiger partial charge is 0.218 e. The van der Waals surface area contributed by atoms with Crippen LogP contribution in [-0.2, 0) is 9.84 Å². The number of hydrogen-bond donors (Lipinski definition) is 0. The molecule has 62 valence electrons. The topological polar surface area (TPSA) is 46.5 Å². The van der Waals surface area contributed by atoms with Crippen molar-refractivity contribution in [2.75, 3.05) is 12.0 Å². The first-order chi connectivity index (χ1) is 5.09. The molecule has 0 N–H and O–H groups in total. The first kappa shape index (κ1) is 8.80. The summed E-state index contributed by atoms with van der Waals surface area (Å²) in [6, 6.07) is 0. The Bertz CT molecular complexity index is 313. The van der Waals surface area contributed by atoms with Crippen molar-refractivity contribution in [2.24, 2.45) is 4.99 Å². The maximum absolute atomic E-state index is 11.3. The van der Waals surface area contributed by atoms with Gasteiger partial charge in [-0.15, -0.1) is 0 Å². The Labute approximate surface area is 70.5 Å². The molecule has 3 nitrogen and oxygen atoms in total. The standard InChI is InChI=1S/C6H9NO2S2/c1-5-7-3-6(4-10-2)11(5,8)9/h3H,4H2,1-2H3. The Morgan fingerprint density at radius 2 is 2.27 bits per heavy atom.